The van der Waals surface area contributed by atoms with E-state index in [9.17, 15) is 13.9 Å². The Bertz CT molecular complexity index is 479. The van der Waals surface area contributed by atoms with Crippen LogP contribution in [0, 0.1) is 11.6 Å². The number of β-amino-alcohol motifs (C(OH)–C–C–N with tert-alkyl or cyclic N) is 1. The summed E-state index contributed by atoms with van der Waals surface area (Å²) in [7, 11) is 1.75. The molecule has 1 aliphatic rings. The summed E-state index contributed by atoms with van der Waals surface area (Å²) in [4.78, 5) is 2.19. The SMILES string of the molecule is CNC(CCN1CCCC(C)(O)C1)c1cccc(F)c1F. The first-order valence-corrected chi connectivity index (χ1v) is 7.49. The minimum absolute atomic E-state index is 0.229. The van der Waals surface area contributed by atoms with Gasteiger partial charge in [-0.2, -0.15) is 0 Å². The van der Waals surface area contributed by atoms with Gasteiger partial charge in [-0.1, -0.05) is 12.1 Å². The molecule has 5 heteroatoms. The van der Waals surface area contributed by atoms with Crippen LogP contribution in [-0.4, -0.2) is 42.3 Å². The number of hydrogen-bond donors (Lipinski definition) is 2. The highest BCUT2D eigenvalue weighted by atomic mass is 19.2. The molecule has 2 atom stereocenters. The molecule has 0 radical (unpaired) electrons. The van der Waals surface area contributed by atoms with Crippen LogP contribution in [-0.2, 0) is 0 Å². The summed E-state index contributed by atoms with van der Waals surface area (Å²) in [6, 6.07) is 4.05. The maximum Gasteiger partial charge on any atom is 0.163 e. The smallest absolute Gasteiger partial charge is 0.163 e. The van der Waals surface area contributed by atoms with Crippen molar-refractivity contribution in [3.63, 3.8) is 0 Å². The lowest BCUT2D eigenvalue weighted by Crippen LogP contribution is -2.46. The Morgan fingerprint density at radius 2 is 2.19 bits per heavy atom. The van der Waals surface area contributed by atoms with Crippen LogP contribution in [0.4, 0.5) is 8.78 Å². The van der Waals surface area contributed by atoms with E-state index in [0.29, 0.717) is 18.5 Å². The van der Waals surface area contributed by atoms with Gasteiger partial charge in [-0.3, -0.25) is 0 Å². The van der Waals surface area contributed by atoms with Crippen LogP contribution < -0.4 is 5.32 Å². The highest BCUT2D eigenvalue weighted by Gasteiger charge is 2.28. The van der Waals surface area contributed by atoms with Gasteiger partial charge in [-0.05, 0) is 45.8 Å². The highest BCUT2D eigenvalue weighted by Crippen LogP contribution is 2.24. The fourth-order valence-corrected chi connectivity index (χ4v) is 3.07. The van der Waals surface area contributed by atoms with E-state index in [2.05, 4.69) is 10.2 Å². The lowest BCUT2D eigenvalue weighted by Gasteiger charge is -2.37. The van der Waals surface area contributed by atoms with Crippen molar-refractivity contribution in [3.05, 3.63) is 35.4 Å². The van der Waals surface area contributed by atoms with Gasteiger partial charge < -0.3 is 15.3 Å². The summed E-state index contributed by atoms with van der Waals surface area (Å²) in [5.41, 5.74) is -0.279. The fraction of sp³-hybridized carbons (Fsp3) is 0.625. The van der Waals surface area contributed by atoms with E-state index >= 15 is 0 Å². The molecule has 2 unspecified atom stereocenters. The van der Waals surface area contributed by atoms with Gasteiger partial charge >= 0.3 is 0 Å². The van der Waals surface area contributed by atoms with Crippen molar-refractivity contribution in [1.29, 1.82) is 0 Å². The molecule has 0 aliphatic carbocycles. The van der Waals surface area contributed by atoms with Gasteiger partial charge in [-0.15, -0.1) is 0 Å². The highest BCUT2D eigenvalue weighted by molar-refractivity contribution is 5.22. The molecule has 0 spiro atoms. The Morgan fingerprint density at radius 3 is 2.86 bits per heavy atom. The second-order valence-electron chi connectivity index (χ2n) is 6.15. The molecule has 1 aromatic carbocycles. The number of likely N-dealkylation sites (tertiary alicyclic amines) is 1. The van der Waals surface area contributed by atoms with Crippen LogP contribution in [0.1, 0.15) is 37.8 Å². The number of halogens is 2. The average molecular weight is 298 g/mol. The summed E-state index contributed by atoms with van der Waals surface area (Å²) in [5.74, 6) is -1.59. The van der Waals surface area contributed by atoms with Crippen LogP contribution in [0.5, 0.6) is 0 Å². The first kappa shape index (κ1) is 16.3. The summed E-state index contributed by atoms with van der Waals surface area (Å²) in [5, 5.41) is 13.1. The molecule has 1 aliphatic heterocycles. The minimum atomic E-state index is -0.811. The molecular weight excluding hydrogens is 274 g/mol. The molecular formula is C16H24F2N2O. The van der Waals surface area contributed by atoms with Crippen LogP contribution in [0.3, 0.4) is 0 Å². The standard InChI is InChI=1S/C16H24F2N2O/c1-16(21)8-4-9-20(11-16)10-7-14(19-2)12-5-3-6-13(17)15(12)18/h3,5-6,14,19,21H,4,7-11H2,1-2H3. The molecule has 21 heavy (non-hydrogen) atoms. The van der Waals surface area contributed by atoms with Gasteiger partial charge in [0.25, 0.3) is 0 Å². The van der Waals surface area contributed by atoms with E-state index in [1.54, 1.807) is 13.1 Å². The molecule has 1 aromatic rings. The molecule has 1 fully saturated rings. The predicted octanol–water partition coefficient (Wildman–Crippen LogP) is 2.46. The van der Waals surface area contributed by atoms with Gasteiger partial charge in [0.2, 0.25) is 0 Å². The quantitative estimate of drug-likeness (QED) is 0.876. The Morgan fingerprint density at radius 1 is 1.43 bits per heavy atom. The lowest BCUT2D eigenvalue weighted by atomic mass is 9.94. The number of hydrogen-bond acceptors (Lipinski definition) is 3. The number of nitrogens with one attached hydrogen (secondary N) is 1. The molecule has 2 N–H and O–H groups in total. The third kappa shape index (κ3) is 4.22. The predicted molar refractivity (Wildman–Crippen MR) is 79.1 cm³/mol. The van der Waals surface area contributed by atoms with Crippen LogP contribution in [0.2, 0.25) is 0 Å². The van der Waals surface area contributed by atoms with Crippen molar-refractivity contribution < 1.29 is 13.9 Å². The van der Waals surface area contributed by atoms with E-state index < -0.39 is 17.2 Å². The topological polar surface area (TPSA) is 35.5 Å². The van der Waals surface area contributed by atoms with Crippen molar-refractivity contribution in [2.45, 2.75) is 37.8 Å². The van der Waals surface area contributed by atoms with Gasteiger partial charge in [-0.25, -0.2) is 8.78 Å². The second-order valence-corrected chi connectivity index (χ2v) is 6.15. The Labute approximate surface area is 125 Å². The van der Waals surface area contributed by atoms with Gasteiger partial charge in [0, 0.05) is 24.7 Å². The van der Waals surface area contributed by atoms with Gasteiger partial charge in [0.15, 0.2) is 11.6 Å². The number of aliphatic hydroxyl groups is 1. The van der Waals surface area contributed by atoms with Gasteiger partial charge in [0.05, 0.1) is 5.60 Å². The normalized spacial score (nSPS) is 25.0. The third-order valence-electron chi connectivity index (χ3n) is 4.19. The van der Waals surface area contributed by atoms with E-state index in [-0.39, 0.29) is 6.04 Å². The van der Waals surface area contributed by atoms with Gasteiger partial charge in [0.1, 0.15) is 0 Å². The lowest BCUT2D eigenvalue weighted by molar-refractivity contribution is -0.0163. The molecule has 0 amide bonds. The monoisotopic (exact) mass is 298 g/mol. The Kier molecular flexibility index (Phi) is 5.30. The first-order valence-electron chi connectivity index (χ1n) is 7.49. The van der Waals surface area contributed by atoms with Crippen LogP contribution in [0.25, 0.3) is 0 Å². The Hall–Kier alpha value is -1.04. The molecule has 2 rings (SSSR count). The summed E-state index contributed by atoms with van der Waals surface area (Å²) in [6.07, 6.45) is 2.45. The molecule has 0 aromatic heterocycles. The van der Waals surface area contributed by atoms with Crippen LogP contribution in [0.15, 0.2) is 18.2 Å². The number of piperidine rings is 1. The van der Waals surface area contributed by atoms with E-state index in [0.717, 1.165) is 32.0 Å². The van der Waals surface area contributed by atoms with Crippen molar-refractivity contribution in [2.24, 2.45) is 0 Å². The van der Waals surface area contributed by atoms with E-state index in [1.165, 1.54) is 6.07 Å². The molecule has 0 bridgehead atoms. The summed E-state index contributed by atoms with van der Waals surface area (Å²) >= 11 is 0. The molecule has 0 saturated carbocycles. The zero-order valence-electron chi connectivity index (χ0n) is 12.7. The zero-order chi connectivity index (χ0) is 15.5. The number of rotatable bonds is 5. The molecule has 118 valence electrons. The van der Waals surface area contributed by atoms with Crippen molar-refractivity contribution in [2.75, 3.05) is 26.7 Å². The summed E-state index contributed by atoms with van der Waals surface area (Å²) < 4.78 is 27.2. The van der Waals surface area contributed by atoms with Crippen molar-refractivity contribution >= 4 is 0 Å². The number of benzene rings is 1. The molecule has 3 nitrogen and oxygen atoms in total. The second kappa shape index (κ2) is 6.81. The fourth-order valence-electron chi connectivity index (χ4n) is 3.07. The van der Waals surface area contributed by atoms with E-state index in [1.807, 2.05) is 6.92 Å². The third-order valence-corrected chi connectivity index (χ3v) is 4.19. The summed E-state index contributed by atoms with van der Waals surface area (Å²) in [6.45, 7) is 4.17. The first-order chi connectivity index (χ1) is 9.93. The number of nitrogens with zero attached hydrogens (tertiary/aromatic N) is 1. The average Bonchev–Trinajstić information content (AvgIpc) is 2.43. The molecule has 1 heterocycles. The van der Waals surface area contributed by atoms with E-state index in [4.69, 9.17) is 0 Å². The van der Waals surface area contributed by atoms with Crippen LogP contribution >= 0.6 is 0 Å². The van der Waals surface area contributed by atoms with Crippen molar-refractivity contribution in [3.8, 4) is 0 Å². The maximum atomic E-state index is 13.9. The minimum Gasteiger partial charge on any atom is -0.389 e. The van der Waals surface area contributed by atoms with Crippen molar-refractivity contribution in [1.82, 2.24) is 10.2 Å². The molecule has 1 saturated heterocycles. The largest absolute Gasteiger partial charge is 0.389 e. The zero-order valence-corrected chi connectivity index (χ0v) is 12.7. The maximum absolute atomic E-state index is 13.9. The Balaban J connectivity index is 1.98.